The fraction of sp³-hybridized carbons (Fsp3) is 0.0588. The van der Waals surface area contributed by atoms with Crippen molar-refractivity contribution in [1.82, 2.24) is 4.98 Å². The molecule has 3 aromatic rings. The van der Waals surface area contributed by atoms with E-state index in [4.69, 9.17) is 0 Å². The smallest absolute Gasteiger partial charge is 0.259 e. The minimum atomic E-state index is -0.338. The molecule has 0 aliphatic rings. The van der Waals surface area contributed by atoms with Crippen LogP contribution in [0.25, 0.3) is 22.0 Å². The van der Waals surface area contributed by atoms with Gasteiger partial charge >= 0.3 is 0 Å². The molecule has 2 aromatic carbocycles. The number of aromatic nitrogens is 1. The number of ketones is 1. The van der Waals surface area contributed by atoms with E-state index in [1.54, 1.807) is 6.07 Å². The Hall–Kier alpha value is -2.68. The van der Waals surface area contributed by atoms with Gasteiger partial charge in [-0.1, -0.05) is 42.5 Å². The summed E-state index contributed by atoms with van der Waals surface area (Å²) < 4.78 is 0. The predicted octanol–water partition coefficient (Wildman–Crippen LogP) is 3.40. The minimum Gasteiger partial charge on any atom is -0.321 e. The number of fused-ring (bicyclic) bond motifs is 1. The highest BCUT2D eigenvalue weighted by molar-refractivity contribution is 5.97. The number of hydrogen-bond acceptors (Lipinski definition) is 2. The number of rotatable bonds is 2. The van der Waals surface area contributed by atoms with Crippen LogP contribution in [0.5, 0.6) is 0 Å². The van der Waals surface area contributed by atoms with Crippen LogP contribution >= 0.6 is 0 Å². The molecule has 0 saturated carbocycles. The molecule has 0 saturated heterocycles. The third-order valence-corrected chi connectivity index (χ3v) is 3.33. The highest BCUT2D eigenvalue weighted by Crippen LogP contribution is 2.23. The molecular formula is C17H13NO2. The van der Waals surface area contributed by atoms with Crippen LogP contribution < -0.4 is 5.56 Å². The molecule has 98 valence electrons. The van der Waals surface area contributed by atoms with Crippen LogP contribution in [-0.2, 0) is 0 Å². The van der Waals surface area contributed by atoms with E-state index in [9.17, 15) is 9.59 Å². The maximum atomic E-state index is 11.8. The summed E-state index contributed by atoms with van der Waals surface area (Å²) in [5.41, 5.74) is 2.72. The molecule has 0 radical (unpaired) electrons. The molecule has 3 heteroatoms. The highest BCUT2D eigenvalue weighted by atomic mass is 16.1. The molecule has 3 rings (SSSR count). The van der Waals surface area contributed by atoms with E-state index in [1.165, 1.54) is 6.92 Å². The van der Waals surface area contributed by atoms with Crippen LogP contribution in [0.15, 0.2) is 59.4 Å². The zero-order valence-electron chi connectivity index (χ0n) is 11.0. The number of aromatic amines is 1. The zero-order valence-corrected chi connectivity index (χ0v) is 11.0. The largest absolute Gasteiger partial charge is 0.321 e. The van der Waals surface area contributed by atoms with Gasteiger partial charge in [-0.05, 0) is 35.6 Å². The van der Waals surface area contributed by atoms with Crippen molar-refractivity contribution in [2.24, 2.45) is 0 Å². The standard InChI is InChI=1S/C17H13NO2/c1-11(19)15-9-14-8-7-13(10-16(14)18-17(15)20)12-5-3-2-4-6-12/h2-10H,1H3,(H,18,20). The molecular weight excluding hydrogens is 250 g/mol. The van der Waals surface area contributed by atoms with Crippen LogP contribution in [-0.4, -0.2) is 10.8 Å². The third kappa shape index (κ3) is 2.14. The van der Waals surface area contributed by atoms with Gasteiger partial charge in [-0.2, -0.15) is 0 Å². The number of carbonyl (C=O) groups is 1. The van der Waals surface area contributed by atoms with Gasteiger partial charge < -0.3 is 4.98 Å². The second-order valence-corrected chi connectivity index (χ2v) is 4.74. The van der Waals surface area contributed by atoms with Crippen LogP contribution in [0, 0.1) is 0 Å². The molecule has 0 bridgehead atoms. The second-order valence-electron chi connectivity index (χ2n) is 4.74. The van der Waals surface area contributed by atoms with Gasteiger partial charge in [0.2, 0.25) is 0 Å². The fourth-order valence-electron chi connectivity index (χ4n) is 2.27. The van der Waals surface area contributed by atoms with Gasteiger partial charge in [0.15, 0.2) is 5.78 Å². The quantitative estimate of drug-likeness (QED) is 0.720. The Labute approximate surface area is 115 Å². The summed E-state index contributed by atoms with van der Waals surface area (Å²) in [4.78, 5) is 26.0. The Balaban J connectivity index is 2.20. The summed E-state index contributed by atoms with van der Waals surface area (Å²) in [6, 6.07) is 17.4. The molecule has 0 amide bonds. The van der Waals surface area contributed by atoms with Crippen molar-refractivity contribution in [2.75, 3.05) is 0 Å². The van der Waals surface area contributed by atoms with E-state index in [-0.39, 0.29) is 16.9 Å². The molecule has 0 unspecified atom stereocenters. The zero-order chi connectivity index (χ0) is 14.1. The molecule has 20 heavy (non-hydrogen) atoms. The van der Waals surface area contributed by atoms with Crippen molar-refractivity contribution in [3.63, 3.8) is 0 Å². The van der Waals surface area contributed by atoms with E-state index < -0.39 is 0 Å². The van der Waals surface area contributed by atoms with E-state index >= 15 is 0 Å². The van der Waals surface area contributed by atoms with Crippen LogP contribution in [0.2, 0.25) is 0 Å². The topological polar surface area (TPSA) is 49.9 Å². The number of nitrogens with one attached hydrogen (secondary N) is 1. The lowest BCUT2D eigenvalue weighted by Gasteiger charge is -2.05. The summed E-state index contributed by atoms with van der Waals surface area (Å²) >= 11 is 0. The first kappa shape index (κ1) is 12.4. The van der Waals surface area contributed by atoms with Gasteiger partial charge in [0.25, 0.3) is 5.56 Å². The summed E-state index contributed by atoms with van der Waals surface area (Å²) in [6.07, 6.45) is 0. The molecule has 0 aliphatic heterocycles. The van der Waals surface area contributed by atoms with E-state index in [0.29, 0.717) is 0 Å². The van der Waals surface area contributed by atoms with Crippen LogP contribution in [0.1, 0.15) is 17.3 Å². The molecule has 1 aromatic heterocycles. The van der Waals surface area contributed by atoms with Crippen LogP contribution in [0.3, 0.4) is 0 Å². The molecule has 0 fully saturated rings. The van der Waals surface area contributed by atoms with Crippen molar-refractivity contribution in [2.45, 2.75) is 6.92 Å². The number of carbonyl (C=O) groups excluding carboxylic acids is 1. The van der Waals surface area contributed by atoms with Crippen molar-refractivity contribution < 1.29 is 4.79 Å². The maximum Gasteiger partial charge on any atom is 0.259 e. The van der Waals surface area contributed by atoms with Crippen molar-refractivity contribution >= 4 is 16.7 Å². The van der Waals surface area contributed by atoms with Crippen molar-refractivity contribution in [1.29, 1.82) is 0 Å². The minimum absolute atomic E-state index is 0.199. The second kappa shape index (κ2) is 4.78. The average molecular weight is 263 g/mol. The molecule has 3 nitrogen and oxygen atoms in total. The Bertz CT molecular complexity index is 848. The van der Waals surface area contributed by atoms with Gasteiger partial charge in [-0.3, -0.25) is 9.59 Å². The lowest BCUT2D eigenvalue weighted by molar-refractivity contribution is 0.101. The third-order valence-electron chi connectivity index (χ3n) is 3.33. The monoisotopic (exact) mass is 263 g/mol. The van der Waals surface area contributed by atoms with Gasteiger partial charge in [-0.25, -0.2) is 0 Å². The van der Waals surface area contributed by atoms with Gasteiger partial charge in [0.05, 0.1) is 5.56 Å². The van der Waals surface area contributed by atoms with Gasteiger partial charge in [0.1, 0.15) is 0 Å². The Morgan fingerprint density at radius 1 is 0.950 bits per heavy atom. The van der Waals surface area contributed by atoms with Gasteiger partial charge in [-0.15, -0.1) is 0 Å². The fourth-order valence-corrected chi connectivity index (χ4v) is 2.27. The van der Waals surface area contributed by atoms with Crippen molar-refractivity contribution in [3.8, 4) is 11.1 Å². The average Bonchev–Trinajstić information content (AvgIpc) is 2.46. The molecule has 0 aliphatic carbocycles. The number of benzene rings is 2. The Kier molecular flexibility index (Phi) is 2.95. The summed E-state index contributed by atoms with van der Waals surface area (Å²) in [5.74, 6) is -0.222. The maximum absolute atomic E-state index is 11.8. The first-order valence-corrected chi connectivity index (χ1v) is 6.38. The Morgan fingerprint density at radius 2 is 1.70 bits per heavy atom. The first-order valence-electron chi connectivity index (χ1n) is 6.38. The lowest BCUT2D eigenvalue weighted by Crippen LogP contribution is -2.15. The van der Waals surface area contributed by atoms with Gasteiger partial charge in [0, 0.05) is 5.52 Å². The van der Waals surface area contributed by atoms with Crippen LogP contribution in [0.4, 0.5) is 0 Å². The predicted molar refractivity (Wildman–Crippen MR) is 80.0 cm³/mol. The number of hydrogen-bond donors (Lipinski definition) is 1. The van der Waals surface area contributed by atoms with E-state index in [0.717, 1.165) is 22.0 Å². The molecule has 1 N–H and O–H groups in total. The number of Topliss-reactive ketones (excluding diaryl/α,β-unsaturated/α-hetero) is 1. The SMILES string of the molecule is CC(=O)c1cc2ccc(-c3ccccc3)cc2[nH]c1=O. The summed E-state index contributed by atoms with van der Waals surface area (Å²) in [6.45, 7) is 1.40. The summed E-state index contributed by atoms with van der Waals surface area (Å²) in [5, 5.41) is 0.856. The molecule has 1 heterocycles. The first-order chi connectivity index (χ1) is 9.65. The number of H-pyrrole nitrogens is 1. The van der Waals surface area contributed by atoms with E-state index in [1.807, 2.05) is 48.5 Å². The Morgan fingerprint density at radius 3 is 2.40 bits per heavy atom. The number of pyridine rings is 1. The highest BCUT2D eigenvalue weighted by Gasteiger charge is 2.07. The van der Waals surface area contributed by atoms with Crippen molar-refractivity contribution in [3.05, 3.63) is 70.5 Å². The molecule has 0 atom stereocenters. The lowest BCUT2D eigenvalue weighted by atomic mass is 10.0. The molecule has 0 spiro atoms. The summed E-state index contributed by atoms with van der Waals surface area (Å²) in [7, 11) is 0. The van der Waals surface area contributed by atoms with E-state index in [2.05, 4.69) is 4.98 Å². The normalized spacial score (nSPS) is 10.7.